The Hall–Kier alpha value is -0.780. The van der Waals surface area contributed by atoms with Gasteiger partial charge in [-0.2, -0.15) is 13.2 Å². The molecule has 0 spiro atoms. The molecule has 1 amide bonds. The Kier molecular flexibility index (Phi) is 2.51. The first kappa shape index (κ1) is 10.3. The lowest BCUT2D eigenvalue weighted by Crippen LogP contribution is -2.38. The lowest BCUT2D eigenvalue weighted by atomic mass is 10.1. The van der Waals surface area contributed by atoms with Gasteiger partial charge in [-0.1, -0.05) is 0 Å². The van der Waals surface area contributed by atoms with Crippen molar-refractivity contribution >= 4 is 5.91 Å². The van der Waals surface area contributed by atoms with Crippen molar-refractivity contribution in [3.63, 3.8) is 0 Å². The molecule has 0 aromatic carbocycles. The van der Waals surface area contributed by atoms with E-state index in [0.717, 1.165) is 4.90 Å². The summed E-state index contributed by atoms with van der Waals surface area (Å²) in [6, 6.07) is -0.983. The number of rotatable bonds is 0. The highest BCUT2D eigenvalue weighted by molar-refractivity contribution is 5.73. The zero-order valence-electron chi connectivity index (χ0n) is 7.14. The monoisotopic (exact) mass is 196 g/mol. The van der Waals surface area contributed by atoms with Gasteiger partial charge in [0.25, 0.3) is 0 Å². The van der Waals surface area contributed by atoms with Crippen LogP contribution in [-0.4, -0.2) is 36.1 Å². The fourth-order valence-electron chi connectivity index (χ4n) is 1.43. The predicted octanol–water partition coefficient (Wildman–Crippen LogP) is 0.354. The Morgan fingerprint density at radius 2 is 2.00 bits per heavy atom. The molecule has 1 fully saturated rings. The lowest BCUT2D eigenvalue weighted by molar-refractivity contribution is -0.173. The topological polar surface area (TPSA) is 46.3 Å². The number of hydrogen-bond donors (Lipinski definition) is 1. The van der Waals surface area contributed by atoms with Gasteiger partial charge in [0.2, 0.25) is 5.91 Å². The molecule has 1 aliphatic rings. The summed E-state index contributed by atoms with van der Waals surface area (Å²) < 4.78 is 36.7. The molecule has 0 saturated carbocycles. The first-order valence-electron chi connectivity index (χ1n) is 3.90. The van der Waals surface area contributed by atoms with E-state index in [9.17, 15) is 18.0 Å². The van der Waals surface area contributed by atoms with Crippen LogP contribution in [0.15, 0.2) is 0 Å². The van der Waals surface area contributed by atoms with E-state index >= 15 is 0 Å². The maximum absolute atomic E-state index is 12.2. The molecule has 3 nitrogen and oxygen atoms in total. The van der Waals surface area contributed by atoms with Crippen LogP contribution in [0, 0.1) is 5.92 Å². The summed E-state index contributed by atoms with van der Waals surface area (Å²) in [6.07, 6.45) is -4.30. The third-order valence-corrected chi connectivity index (χ3v) is 2.23. The van der Waals surface area contributed by atoms with Gasteiger partial charge >= 0.3 is 6.18 Å². The van der Waals surface area contributed by atoms with Crippen LogP contribution in [0.2, 0.25) is 0 Å². The van der Waals surface area contributed by atoms with Crippen molar-refractivity contribution in [2.75, 3.05) is 13.1 Å². The van der Waals surface area contributed by atoms with Gasteiger partial charge in [-0.15, -0.1) is 0 Å². The highest BCUT2D eigenvalue weighted by Crippen LogP contribution is 2.32. The summed E-state index contributed by atoms with van der Waals surface area (Å²) in [5, 5.41) is 0. The van der Waals surface area contributed by atoms with E-state index in [1.807, 2.05) is 0 Å². The van der Waals surface area contributed by atoms with Gasteiger partial charge in [-0.05, 0) is 0 Å². The van der Waals surface area contributed by atoms with Gasteiger partial charge in [0.15, 0.2) is 0 Å². The third-order valence-electron chi connectivity index (χ3n) is 2.23. The number of alkyl halides is 3. The Labute approximate surface area is 73.7 Å². The molecule has 76 valence electrons. The van der Waals surface area contributed by atoms with Crippen LogP contribution in [0.5, 0.6) is 0 Å². The van der Waals surface area contributed by atoms with Crippen LogP contribution in [0.4, 0.5) is 13.2 Å². The molecule has 0 radical (unpaired) electrons. The Balaban J connectivity index is 2.67. The second kappa shape index (κ2) is 3.17. The van der Waals surface area contributed by atoms with E-state index < -0.39 is 18.1 Å². The van der Waals surface area contributed by atoms with Gasteiger partial charge in [-0.3, -0.25) is 4.79 Å². The van der Waals surface area contributed by atoms with Crippen molar-refractivity contribution in [3.8, 4) is 0 Å². The number of carbonyl (C=O) groups is 1. The summed E-state index contributed by atoms with van der Waals surface area (Å²) in [6.45, 7) is 0.936. The van der Waals surface area contributed by atoms with E-state index in [1.165, 1.54) is 6.92 Å². The van der Waals surface area contributed by atoms with Crippen LogP contribution in [0.1, 0.15) is 6.92 Å². The van der Waals surface area contributed by atoms with Gasteiger partial charge < -0.3 is 10.6 Å². The summed E-state index contributed by atoms with van der Waals surface area (Å²) in [5.74, 6) is -1.93. The fraction of sp³-hybridized carbons (Fsp3) is 0.857. The van der Waals surface area contributed by atoms with E-state index in [1.54, 1.807) is 0 Å². The van der Waals surface area contributed by atoms with Crippen LogP contribution in [0.3, 0.4) is 0 Å². The van der Waals surface area contributed by atoms with Crippen LogP contribution < -0.4 is 5.73 Å². The maximum atomic E-state index is 12.2. The van der Waals surface area contributed by atoms with Gasteiger partial charge in [0.1, 0.15) is 0 Å². The Bertz CT molecular complexity index is 216. The summed E-state index contributed by atoms with van der Waals surface area (Å²) in [7, 11) is 0. The standard InChI is InChI=1S/C7H11F3N2O/c1-4(13)12-2-5(6(11)3-12)7(8,9)10/h5-6H,2-3,11H2,1H3. The number of amides is 1. The van der Waals surface area contributed by atoms with Gasteiger partial charge in [-0.25, -0.2) is 0 Å². The number of halogens is 3. The number of carbonyl (C=O) groups excluding carboxylic acids is 1. The van der Waals surface area contributed by atoms with Crippen molar-refractivity contribution < 1.29 is 18.0 Å². The van der Waals surface area contributed by atoms with Crippen molar-refractivity contribution in [1.29, 1.82) is 0 Å². The van der Waals surface area contributed by atoms with E-state index in [-0.39, 0.29) is 19.0 Å². The van der Waals surface area contributed by atoms with Gasteiger partial charge in [0, 0.05) is 26.1 Å². The van der Waals surface area contributed by atoms with E-state index in [0.29, 0.717) is 0 Å². The van der Waals surface area contributed by atoms with Crippen molar-refractivity contribution in [2.24, 2.45) is 11.7 Å². The largest absolute Gasteiger partial charge is 0.395 e. The zero-order chi connectivity index (χ0) is 10.2. The molecular weight excluding hydrogens is 185 g/mol. The van der Waals surface area contributed by atoms with Gasteiger partial charge in [0.05, 0.1) is 5.92 Å². The molecular formula is C7H11F3N2O. The summed E-state index contributed by atoms with van der Waals surface area (Å²) >= 11 is 0. The minimum atomic E-state index is -4.30. The Morgan fingerprint density at radius 1 is 1.46 bits per heavy atom. The number of likely N-dealkylation sites (tertiary alicyclic amines) is 1. The molecule has 0 bridgehead atoms. The van der Waals surface area contributed by atoms with Crippen molar-refractivity contribution in [2.45, 2.75) is 19.1 Å². The average molecular weight is 196 g/mol. The number of hydrogen-bond acceptors (Lipinski definition) is 2. The number of nitrogens with zero attached hydrogens (tertiary/aromatic N) is 1. The van der Waals surface area contributed by atoms with E-state index in [4.69, 9.17) is 5.73 Å². The molecule has 1 rings (SSSR count). The normalized spacial score (nSPS) is 29.5. The van der Waals surface area contributed by atoms with E-state index in [2.05, 4.69) is 0 Å². The van der Waals surface area contributed by atoms with Crippen LogP contribution in [0.25, 0.3) is 0 Å². The second-order valence-electron chi connectivity index (χ2n) is 3.24. The fourth-order valence-corrected chi connectivity index (χ4v) is 1.43. The van der Waals surface area contributed by atoms with Crippen molar-refractivity contribution in [1.82, 2.24) is 4.90 Å². The molecule has 1 heterocycles. The highest BCUT2D eigenvalue weighted by atomic mass is 19.4. The minimum Gasteiger partial charge on any atom is -0.341 e. The lowest BCUT2D eigenvalue weighted by Gasteiger charge is -2.17. The molecule has 1 aliphatic heterocycles. The summed E-state index contributed by atoms with van der Waals surface area (Å²) in [5.41, 5.74) is 5.28. The smallest absolute Gasteiger partial charge is 0.341 e. The average Bonchev–Trinajstić information content (AvgIpc) is 2.29. The van der Waals surface area contributed by atoms with Crippen LogP contribution >= 0.6 is 0 Å². The molecule has 6 heteroatoms. The SMILES string of the molecule is CC(=O)N1CC(N)C(C(F)(F)F)C1. The minimum absolute atomic E-state index is 0.000486. The zero-order valence-corrected chi connectivity index (χ0v) is 7.14. The molecule has 1 saturated heterocycles. The first-order valence-corrected chi connectivity index (χ1v) is 3.90. The number of nitrogens with two attached hydrogens (primary N) is 1. The molecule has 0 aliphatic carbocycles. The second-order valence-corrected chi connectivity index (χ2v) is 3.24. The maximum Gasteiger partial charge on any atom is 0.395 e. The predicted molar refractivity (Wildman–Crippen MR) is 39.8 cm³/mol. The molecule has 2 unspecified atom stereocenters. The van der Waals surface area contributed by atoms with Crippen molar-refractivity contribution in [3.05, 3.63) is 0 Å². The first-order chi connectivity index (χ1) is 5.82. The Morgan fingerprint density at radius 3 is 2.23 bits per heavy atom. The highest BCUT2D eigenvalue weighted by Gasteiger charge is 2.48. The molecule has 13 heavy (non-hydrogen) atoms. The molecule has 2 atom stereocenters. The molecule has 0 aromatic rings. The molecule has 2 N–H and O–H groups in total. The van der Waals surface area contributed by atoms with Crippen LogP contribution in [-0.2, 0) is 4.79 Å². The quantitative estimate of drug-likeness (QED) is 0.607. The third kappa shape index (κ3) is 2.12. The summed E-state index contributed by atoms with van der Waals surface area (Å²) in [4.78, 5) is 11.9. The molecule has 0 aromatic heterocycles.